The van der Waals surface area contributed by atoms with Crippen LogP contribution in [0.2, 0.25) is 0 Å². The van der Waals surface area contributed by atoms with Crippen molar-refractivity contribution in [2.75, 3.05) is 18.1 Å². The number of hydrogen-bond acceptors (Lipinski definition) is 6. The second kappa shape index (κ2) is 8.80. The maximum absolute atomic E-state index is 15.0. The number of halogens is 1. The van der Waals surface area contributed by atoms with Crippen molar-refractivity contribution in [3.8, 4) is 0 Å². The van der Waals surface area contributed by atoms with Gasteiger partial charge in [-0.3, -0.25) is 0 Å². The van der Waals surface area contributed by atoms with Crippen molar-refractivity contribution in [3.63, 3.8) is 0 Å². The van der Waals surface area contributed by atoms with Crippen molar-refractivity contribution >= 4 is 15.7 Å². The van der Waals surface area contributed by atoms with E-state index in [4.69, 9.17) is 4.74 Å². The smallest absolute Gasteiger partial charge is 0.240 e. The van der Waals surface area contributed by atoms with E-state index in [-0.39, 0.29) is 22.8 Å². The van der Waals surface area contributed by atoms with Gasteiger partial charge in [0.15, 0.2) is 0 Å². The molecule has 9 heteroatoms. The molecule has 7 nitrogen and oxygen atoms in total. The summed E-state index contributed by atoms with van der Waals surface area (Å²) in [4.78, 5) is 10.8. The molecular formula is C22H29FN4O3S. The highest BCUT2D eigenvalue weighted by atomic mass is 32.2. The molecule has 1 aromatic carbocycles. The number of ether oxygens (including phenoxy) is 1. The summed E-state index contributed by atoms with van der Waals surface area (Å²) in [7, 11) is -3.81. The van der Waals surface area contributed by atoms with Crippen LogP contribution in [-0.4, -0.2) is 37.6 Å². The zero-order valence-electron chi connectivity index (χ0n) is 18.1. The molecule has 2 aliphatic heterocycles. The van der Waals surface area contributed by atoms with Crippen LogP contribution < -0.4 is 9.62 Å². The number of anilines is 1. The minimum atomic E-state index is -3.81. The number of benzene rings is 1. The van der Waals surface area contributed by atoms with E-state index in [1.165, 1.54) is 12.1 Å². The molecule has 3 heterocycles. The van der Waals surface area contributed by atoms with Crippen molar-refractivity contribution in [2.24, 2.45) is 5.92 Å². The zero-order valence-corrected chi connectivity index (χ0v) is 19.0. The first-order valence-electron chi connectivity index (χ1n) is 10.7. The molecule has 1 N–H and O–H groups in total. The Bertz CT molecular complexity index is 1050. The lowest BCUT2D eigenvalue weighted by atomic mass is 9.94. The number of nitrogens with zero attached hydrogens (tertiary/aromatic N) is 3. The molecule has 31 heavy (non-hydrogen) atoms. The van der Waals surface area contributed by atoms with Gasteiger partial charge in [-0.15, -0.1) is 0 Å². The molecule has 0 aliphatic carbocycles. The van der Waals surface area contributed by atoms with Crippen LogP contribution in [0.25, 0.3) is 0 Å². The van der Waals surface area contributed by atoms with Crippen LogP contribution in [0, 0.1) is 11.7 Å². The van der Waals surface area contributed by atoms with Crippen molar-refractivity contribution in [1.29, 1.82) is 0 Å². The number of sulfonamides is 1. The van der Waals surface area contributed by atoms with E-state index in [0.717, 1.165) is 36.0 Å². The number of fused-ring (bicyclic) bond motifs is 1. The maximum Gasteiger partial charge on any atom is 0.240 e. The van der Waals surface area contributed by atoms with E-state index in [0.29, 0.717) is 32.0 Å². The first-order chi connectivity index (χ1) is 14.7. The standard InChI is InChI=1S/C22H29FN4O3S/c1-14(2)22-24-11-17-12-27(13-20(17)25-22)21-5-4-18(10-19(21)23)31(28,29)26-15(3)16-6-8-30-9-7-16/h4-5,10-11,14-16,26H,6-9,12-13H2,1-3H3. The van der Waals surface area contributed by atoms with Crippen LogP contribution in [-0.2, 0) is 27.8 Å². The summed E-state index contributed by atoms with van der Waals surface area (Å²) in [5.41, 5.74) is 2.22. The molecule has 0 bridgehead atoms. The van der Waals surface area contributed by atoms with Crippen molar-refractivity contribution in [2.45, 2.75) is 63.6 Å². The van der Waals surface area contributed by atoms with Gasteiger partial charge < -0.3 is 9.64 Å². The Morgan fingerprint density at radius 1 is 1.19 bits per heavy atom. The molecule has 2 aromatic rings. The van der Waals surface area contributed by atoms with Gasteiger partial charge in [-0.2, -0.15) is 0 Å². The van der Waals surface area contributed by atoms with Crippen molar-refractivity contribution in [1.82, 2.24) is 14.7 Å². The molecular weight excluding hydrogens is 419 g/mol. The van der Waals surface area contributed by atoms with Crippen molar-refractivity contribution < 1.29 is 17.5 Å². The summed E-state index contributed by atoms with van der Waals surface area (Å²) in [6, 6.07) is 3.86. The monoisotopic (exact) mass is 448 g/mol. The Hall–Kier alpha value is -2.10. The van der Waals surface area contributed by atoms with Gasteiger partial charge in [-0.05, 0) is 43.9 Å². The summed E-state index contributed by atoms with van der Waals surface area (Å²) in [5.74, 6) is 0.642. The Morgan fingerprint density at radius 3 is 2.61 bits per heavy atom. The van der Waals surface area contributed by atoms with E-state index >= 15 is 0 Å². The summed E-state index contributed by atoms with van der Waals surface area (Å²) < 4.78 is 48.6. The van der Waals surface area contributed by atoms with Gasteiger partial charge in [0, 0.05) is 43.5 Å². The molecule has 1 fully saturated rings. The number of rotatable bonds is 6. The number of nitrogens with one attached hydrogen (secondary N) is 1. The Kier molecular flexibility index (Phi) is 6.27. The van der Waals surface area contributed by atoms with Gasteiger partial charge in [-0.1, -0.05) is 13.8 Å². The normalized spacial score (nSPS) is 18.4. The minimum Gasteiger partial charge on any atom is -0.381 e. The van der Waals surface area contributed by atoms with Crippen LogP contribution in [0.15, 0.2) is 29.3 Å². The van der Waals surface area contributed by atoms with Gasteiger partial charge in [0.25, 0.3) is 0 Å². The van der Waals surface area contributed by atoms with Crippen LogP contribution in [0.1, 0.15) is 56.6 Å². The van der Waals surface area contributed by atoms with Gasteiger partial charge >= 0.3 is 0 Å². The highest BCUT2D eigenvalue weighted by molar-refractivity contribution is 7.89. The third-order valence-corrected chi connectivity index (χ3v) is 7.63. The molecule has 2 aliphatic rings. The summed E-state index contributed by atoms with van der Waals surface area (Å²) in [5, 5.41) is 0. The largest absolute Gasteiger partial charge is 0.381 e. The lowest BCUT2D eigenvalue weighted by Gasteiger charge is -2.28. The predicted octanol–water partition coefficient (Wildman–Crippen LogP) is 3.35. The van der Waals surface area contributed by atoms with Crippen LogP contribution in [0.5, 0.6) is 0 Å². The second-order valence-electron chi connectivity index (χ2n) is 8.68. The van der Waals surface area contributed by atoms with Gasteiger partial charge in [0.05, 0.1) is 22.8 Å². The first-order valence-corrected chi connectivity index (χ1v) is 12.2. The maximum atomic E-state index is 15.0. The van der Waals surface area contributed by atoms with Gasteiger partial charge in [-0.25, -0.2) is 27.5 Å². The lowest BCUT2D eigenvalue weighted by Crippen LogP contribution is -2.40. The minimum absolute atomic E-state index is 0.0637. The summed E-state index contributed by atoms with van der Waals surface area (Å²) in [6.45, 7) is 8.17. The molecule has 0 spiro atoms. The average molecular weight is 449 g/mol. The van der Waals surface area contributed by atoms with E-state index in [1.54, 1.807) is 6.20 Å². The molecule has 0 radical (unpaired) electrons. The average Bonchev–Trinajstić information content (AvgIpc) is 3.17. The lowest BCUT2D eigenvalue weighted by molar-refractivity contribution is 0.0585. The summed E-state index contributed by atoms with van der Waals surface area (Å²) in [6.07, 6.45) is 3.43. The van der Waals surface area contributed by atoms with E-state index < -0.39 is 15.8 Å². The number of aromatic nitrogens is 2. The third-order valence-electron chi connectivity index (χ3n) is 6.08. The Balaban J connectivity index is 1.49. The Labute approximate surface area is 183 Å². The molecule has 4 rings (SSSR count). The third kappa shape index (κ3) is 4.73. The molecule has 1 atom stereocenters. The Morgan fingerprint density at radius 2 is 1.94 bits per heavy atom. The first kappa shape index (κ1) is 22.1. The molecule has 0 saturated carbocycles. The topological polar surface area (TPSA) is 84.4 Å². The molecule has 1 saturated heterocycles. The molecule has 1 aromatic heterocycles. The van der Waals surface area contributed by atoms with E-state index in [1.807, 2.05) is 25.7 Å². The van der Waals surface area contributed by atoms with E-state index in [9.17, 15) is 12.8 Å². The zero-order chi connectivity index (χ0) is 22.2. The fraction of sp³-hybridized carbons (Fsp3) is 0.545. The van der Waals surface area contributed by atoms with Gasteiger partial charge in [0.2, 0.25) is 10.0 Å². The molecule has 0 amide bonds. The molecule has 1 unspecified atom stereocenters. The van der Waals surface area contributed by atoms with Crippen molar-refractivity contribution in [3.05, 3.63) is 47.3 Å². The number of hydrogen-bond donors (Lipinski definition) is 1. The fourth-order valence-electron chi connectivity index (χ4n) is 4.15. The fourth-order valence-corrected chi connectivity index (χ4v) is 5.48. The highest BCUT2D eigenvalue weighted by Crippen LogP contribution is 2.31. The summed E-state index contributed by atoms with van der Waals surface area (Å²) >= 11 is 0. The second-order valence-corrected chi connectivity index (χ2v) is 10.4. The van der Waals surface area contributed by atoms with Crippen LogP contribution >= 0.6 is 0 Å². The van der Waals surface area contributed by atoms with Gasteiger partial charge in [0.1, 0.15) is 11.6 Å². The predicted molar refractivity (Wildman–Crippen MR) is 116 cm³/mol. The van der Waals surface area contributed by atoms with E-state index in [2.05, 4.69) is 14.7 Å². The highest BCUT2D eigenvalue weighted by Gasteiger charge is 2.28. The molecule has 168 valence electrons. The van der Waals surface area contributed by atoms with Crippen LogP contribution in [0.3, 0.4) is 0 Å². The van der Waals surface area contributed by atoms with Crippen LogP contribution in [0.4, 0.5) is 10.1 Å². The quantitative estimate of drug-likeness (QED) is 0.730. The SMILES string of the molecule is CC(C)c1ncc2c(n1)CN(c1ccc(S(=O)(=O)NC(C)C3CCOCC3)cc1F)C2.